The molecule has 0 bridgehead atoms. The van der Waals surface area contributed by atoms with Crippen molar-refractivity contribution in [2.75, 3.05) is 50.1 Å². The molecule has 1 saturated heterocycles. The van der Waals surface area contributed by atoms with E-state index >= 15 is 0 Å². The average Bonchev–Trinajstić information content (AvgIpc) is 2.63. The summed E-state index contributed by atoms with van der Waals surface area (Å²) >= 11 is 0. The van der Waals surface area contributed by atoms with Gasteiger partial charge in [-0.05, 0) is 30.3 Å². The van der Waals surface area contributed by atoms with Gasteiger partial charge in [0.05, 0.1) is 0 Å². The van der Waals surface area contributed by atoms with Gasteiger partial charge in [-0.25, -0.2) is 0 Å². The minimum Gasteiger partial charge on any atom is -0.377 e. The first kappa shape index (κ1) is 17.2. The predicted molar refractivity (Wildman–Crippen MR) is 101 cm³/mol. The van der Waals surface area contributed by atoms with Gasteiger partial charge in [-0.2, -0.15) is 0 Å². The fourth-order valence-corrected chi connectivity index (χ4v) is 3.22. The molecule has 0 saturated carbocycles. The number of pyridine rings is 1. The number of primary amides is 1. The Labute approximate surface area is 148 Å². The maximum atomic E-state index is 11.2. The van der Waals surface area contributed by atoms with Crippen molar-refractivity contribution in [1.29, 1.82) is 0 Å². The van der Waals surface area contributed by atoms with Gasteiger partial charge in [0.1, 0.15) is 0 Å². The Balaban J connectivity index is 1.60. The van der Waals surface area contributed by atoms with Crippen molar-refractivity contribution in [1.82, 2.24) is 9.88 Å². The zero-order valence-corrected chi connectivity index (χ0v) is 14.9. The van der Waals surface area contributed by atoms with Gasteiger partial charge in [0.25, 0.3) is 0 Å². The van der Waals surface area contributed by atoms with Crippen LogP contribution in [0.4, 0.5) is 11.4 Å². The van der Waals surface area contributed by atoms with Crippen LogP contribution in [-0.4, -0.2) is 56.1 Å². The van der Waals surface area contributed by atoms with E-state index < -0.39 is 0 Å². The quantitative estimate of drug-likeness (QED) is 0.896. The third kappa shape index (κ3) is 4.09. The topological polar surface area (TPSA) is 65.7 Å². The average molecular weight is 339 g/mol. The van der Waals surface area contributed by atoms with Gasteiger partial charge in [0.2, 0.25) is 5.91 Å². The molecule has 2 heterocycles. The monoisotopic (exact) mass is 339 g/mol. The van der Waals surface area contributed by atoms with Gasteiger partial charge in [-0.1, -0.05) is 0 Å². The van der Waals surface area contributed by atoms with Gasteiger partial charge in [0.15, 0.2) is 0 Å². The van der Waals surface area contributed by atoms with Crippen LogP contribution >= 0.6 is 0 Å². The lowest BCUT2D eigenvalue weighted by Crippen LogP contribution is -2.46. The van der Waals surface area contributed by atoms with Crippen molar-refractivity contribution >= 4 is 17.3 Å². The Morgan fingerprint density at radius 2 is 1.80 bits per heavy atom. The van der Waals surface area contributed by atoms with Gasteiger partial charge < -0.3 is 15.5 Å². The van der Waals surface area contributed by atoms with Gasteiger partial charge in [-0.3, -0.25) is 14.7 Å². The van der Waals surface area contributed by atoms with Crippen molar-refractivity contribution < 1.29 is 4.79 Å². The van der Waals surface area contributed by atoms with E-state index in [1.54, 1.807) is 12.1 Å². The van der Waals surface area contributed by atoms with E-state index in [0.29, 0.717) is 5.56 Å². The first-order valence-corrected chi connectivity index (χ1v) is 8.52. The Kier molecular flexibility index (Phi) is 5.19. The normalized spacial score (nSPS) is 15.2. The van der Waals surface area contributed by atoms with Crippen molar-refractivity contribution in [3.8, 4) is 0 Å². The Hall–Kier alpha value is -2.60. The molecule has 0 unspecified atom stereocenters. The number of piperazine rings is 1. The molecule has 3 rings (SSSR count). The summed E-state index contributed by atoms with van der Waals surface area (Å²) in [6, 6.07) is 9.60. The zero-order valence-electron chi connectivity index (χ0n) is 14.9. The summed E-state index contributed by atoms with van der Waals surface area (Å²) in [6.07, 6.45) is 3.80. The fourth-order valence-electron chi connectivity index (χ4n) is 3.22. The minimum absolute atomic E-state index is 0.385. The number of nitrogens with two attached hydrogens (primary N) is 1. The lowest BCUT2D eigenvalue weighted by Gasteiger charge is -2.36. The molecule has 0 radical (unpaired) electrons. The molecule has 0 spiro atoms. The molecule has 1 aromatic carbocycles. The van der Waals surface area contributed by atoms with Gasteiger partial charge >= 0.3 is 0 Å². The molecule has 6 heteroatoms. The van der Waals surface area contributed by atoms with Crippen LogP contribution < -0.4 is 15.5 Å². The Bertz CT molecular complexity index is 721. The smallest absolute Gasteiger partial charge is 0.248 e. The second-order valence-electron chi connectivity index (χ2n) is 6.57. The molecule has 2 N–H and O–H groups in total. The minimum atomic E-state index is -0.385. The number of nitrogens with zero attached hydrogens (tertiary/aromatic N) is 4. The number of benzene rings is 1. The van der Waals surface area contributed by atoms with Crippen molar-refractivity contribution in [3.05, 3.63) is 53.9 Å². The lowest BCUT2D eigenvalue weighted by atomic mass is 10.1. The van der Waals surface area contributed by atoms with Crippen LogP contribution in [0.2, 0.25) is 0 Å². The van der Waals surface area contributed by atoms with Crippen LogP contribution in [0.25, 0.3) is 0 Å². The van der Waals surface area contributed by atoms with E-state index in [-0.39, 0.29) is 5.91 Å². The maximum absolute atomic E-state index is 11.2. The third-order valence-corrected chi connectivity index (χ3v) is 4.64. The van der Waals surface area contributed by atoms with Crippen LogP contribution in [0, 0.1) is 0 Å². The standard InChI is InChI=1S/C19H25N5O/c1-22(2)18-7-8-21-13-16(18)14-23-9-11-24(12-10-23)17-5-3-15(4-6-17)19(20)25/h3-8,13H,9-12,14H2,1-2H3,(H2,20,25). The lowest BCUT2D eigenvalue weighted by molar-refractivity contribution is 0.100. The molecule has 1 aromatic heterocycles. The van der Waals surface area contributed by atoms with E-state index in [1.165, 1.54) is 11.3 Å². The number of rotatable bonds is 5. The number of anilines is 2. The van der Waals surface area contributed by atoms with Crippen molar-refractivity contribution in [2.24, 2.45) is 5.73 Å². The van der Waals surface area contributed by atoms with E-state index in [9.17, 15) is 4.79 Å². The number of amides is 1. The van der Waals surface area contributed by atoms with Gasteiger partial charge in [0, 0.05) is 81.7 Å². The summed E-state index contributed by atoms with van der Waals surface area (Å²) in [4.78, 5) is 22.4. The fraction of sp³-hybridized carbons (Fsp3) is 0.368. The number of carbonyl (C=O) groups excluding carboxylic acids is 1. The molecule has 1 amide bonds. The molecule has 6 nitrogen and oxygen atoms in total. The van der Waals surface area contributed by atoms with Crippen LogP contribution in [0.15, 0.2) is 42.7 Å². The van der Waals surface area contributed by atoms with Crippen LogP contribution in [0.3, 0.4) is 0 Å². The molecule has 0 aliphatic carbocycles. The molecule has 1 aliphatic heterocycles. The molecule has 1 aliphatic rings. The summed E-state index contributed by atoms with van der Waals surface area (Å²) < 4.78 is 0. The van der Waals surface area contributed by atoms with E-state index in [0.717, 1.165) is 38.4 Å². The SMILES string of the molecule is CN(C)c1ccncc1CN1CCN(c2ccc(C(N)=O)cc2)CC1. The summed E-state index contributed by atoms with van der Waals surface area (Å²) in [5.41, 5.74) is 9.47. The highest BCUT2D eigenvalue weighted by Crippen LogP contribution is 2.21. The van der Waals surface area contributed by atoms with E-state index in [2.05, 4.69) is 39.8 Å². The molecule has 0 atom stereocenters. The number of hydrogen-bond donors (Lipinski definition) is 1. The second-order valence-corrected chi connectivity index (χ2v) is 6.57. The maximum Gasteiger partial charge on any atom is 0.248 e. The van der Waals surface area contributed by atoms with E-state index in [4.69, 9.17) is 5.73 Å². The van der Waals surface area contributed by atoms with Gasteiger partial charge in [-0.15, -0.1) is 0 Å². The predicted octanol–water partition coefficient (Wildman–Crippen LogP) is 1.57. The van der Waals surface area contributed by atoms with Crippen molar-refractivity contribution in [3.63, 3.8) is 0 Å². The molecular weight excluding hydrogens is 314 g/mol. The Morgan fingerprint density at radius 3 is 2.40 bits per heavy atom. The molecular formula is C19H25N5O. The molecule has 1 fully saturated rings. The number of carbonyl (C=O) groups is 1. The molecule has 25 heavy (non-hydrogen) atoms. The highest BCUT2D eigenvalue weighted by molar-refractivity contribution is 5.93. The summed E-state index contributed by atoms with van der Waals surface area (Å²) in [6.45, 7) is 4.84. The number of hydrogen-bond acceptors (Lipinski definition) is 5. The highest BCUT2D eigenvalue weighted by atomic mass is 16.1. The summed E-state index contributed by atoms with van der Waals surface area (Å²) in [5.74, 6) is -0.385. The Morgan fingerprint density at radius 1 is 1.12 bits per heavy atom. The third-order valence-electron chi connectivity index (χ3n) is 4.64. The largest absolute Gasteiger partial charge is 0.377 e. The number of aromatic nitrogens is 1. The summed E-state index contributed by atoms with van der Waals surface area (Å²) in [5, 5.41) is 0. The van der Waals surface area contributed by atoms with Crippen LogP contribution in [-0.2, 0) is 6.54 Å². The van der Waals surface area contributed by atoms with Crippen LogP contribution in [0.1, 0.15) is 15.9 Å². The molecule has 2 aromatic rings. The summed E-state index contributed by atoms with van der Waals surface area (Å²) in [7, 11) is 4.12. The first-order chi connectivity index (χ1) is 12.0. The highest BCUT2D eigenvalue weighted by Gasteiger charge is 2.19. The molecule has 132 valence electrons. The zero-order chi connectivity index (χ0) is 17.8. The van der Waals surface area contributed by atoms with Crippen LogP contribution in [0.5, 0.6) is 0 Å². The first-order valence-electron chi connectivity index (χ1n) is 8.52. The van der Waals surface area contributed by atoms with E-state index in [1.807, 2.05) is 24.5 Å². The van der Waals surface area contributed by atoms with Crippen molar-refractivity contribution in [2.45, 2.75) is 6.54 Å². The second kappa shape index (κ2) is 7.53.